The van der Waals surface area contributed by atoms with Crippen molar-refractivity contribution in [1.29, 1.82) is 0 Å². The summed E-state index contributed by atoms with van der Waals surface area (Å²) in [6.45, 7) is 4.48. The third-order valence-electron chi connectivity index (χ3n) is 3.38. The maximum absolute atomic E-state index is 8.65. The fourth-order valence-electron chi connectivity index (χ4n) is 2.23. The largest absolute Gasteiger partial charge is 0.411 e. The van der Waals surface area contributed by atoms with Crippen molar-refractivity contribution in [2.45, 2.75) is 84.5 Å². The lowest BCUT2D eigenvalue weighted by molar-refractivity contribution is 0.316. The van der Waals surface area contributed by atoms with Crippen molar-refractivity contribution in [1.82, 2.24) is 0 Å². The van der Waals surface area contributed by atoms with Crippen LogP contribution in [0.3, 0.4) is 0 Å². The Hall–Kier alpha value is -0.530. The molecule has 0 aliphatic carbocycles. The lowest BCUT2D eigenvalue weighted by Crippen LogP contribution is -2.02. The Labute approximate surface area is 107 Å². The minimum Gasteiger partial charge on any atom is -0.411 e. The van der Waals surface area contributed by atoms with Crippen molar-refractivity contribution in [2.75, 3.05) is 0 Å². The van der Waals surface area contributed by atoms with Crippen LogP contribution in [0.2, 0.25) is 0 Å². The van der Waals surface area contributed by atoms with Gasteiger partial charge in [0.2, 0.25) is 0 Å². The molecule has 0 aromatic heterocycles. The molecule has 0 heterocycles. The van der Waals surface area contributed by atoms with Crippen molar-refractivity contribution in [2.24, 2.45) is 11.1 Å². The van der Waals surface area contributed by atoms with Crippen LogP contribution in [0, 0.1) is 5.92 Å². The average Bonchev–Trinajstić information content (AvgIpc) is 2.34. The van der Waals surface area contributed by atoms with E-state index in [2.05, 4.69) is 19.0 Å². The van der Waals surface area contributed by atoms with Gasteiger partial charge in [0, 0.05) is 6.21 Å². The van der Waals surface area contributed by atoms with Crippen LogP contribution >= 0.6 is 0 Å². The average molecular weight is 241 g/mol. The van der Waals surface area contributed by atoms with Gasteiger partial charge < -0.3 is 5.21 Å². The van der Waals surface area contributed by atoms with Crippen LogP contribution in [-0.4, -0.2) is 11.4 Å². The van der Waals surface area contributed by atoms with Crippen molar-refractivity contribution < 1.29 is 5.21 Å². The van der Waals surface area contributed by atoms with Gasteiger partial charge in [-0.15, -0.1) is 5.16 Å². The second kappa shape index (κ2) is 13.5. The second-order valence-electron chi connectivity index (χ2n) is 5.08. The molecule has 0 saturated heterocycles. The molecule has 0 saturated carbocycles. The standard InChI is InChI=1S/C15H31NO/c1-3-5-7-9-11-13-15(14-16-17)12-10-8-6-4-2/h14-15,17H,3-13H2,1-2H3/b16-14+. The minimum absolute atomic E-state index is 0.499. The Balaban J connectivity index is 3.53. The van der Waals surface area contributed by atoms with E-state index in [9.17, 15) is 0 Å². The molecule has 2 heteroatoms. The molecule has 0 aliphatic rings. The highest BCUT2D eigenvalue weighted by atomic mass is 16.4. The molecule has 1 N–H and O–H groups in total. The van der Waals surface area contributed by atoms with E-state index < -0.39 is 0 Å². The lowest BCUT2D eigenvalue weighted by atomic mass is 9.95. The predicted octanol–water partition coefficient (Wildman–Crippen LogP) is 5.39. The zero-order valence-corrected chi connectivity index (χ0v) is 11.8. The first-order valence-electron chi connectivity index (χ1n) is 7.52. The topological polar surface area (TPSA) is 32.6 Å². The molecule has 102 valence electrons. The maximum Gasteiger partial charge on any atom is 0.0466 e. The molecule has 0 aromatic carbocycles. The normalized spacial score (nSPS) is 13.3. The van der Waals surface area contributed by atoms with E-state index in [-0.39, 0.29) is 0 Å². The fraction of sp³-hybridized carbons (Fsp3) is 0.933. The third-order valence-corrected chi connectivity index (χ3v) is 3.38. The smallest absolute Gasteiger partial charge is 0.0466 e. The number of rotatable bonds is 12. The summed E-state index contributed by atoms with van der Waals surface area (Å²) in [6.07, 6.45) is 16.0. The van der Waals surface area contributed by atoms with E-state index in [0.717, 1.165) is 0 Å². The van der Waals surface area contributed by atoms with Gasteiger partial charge in [0.15, 0.2) is 0 Å². The van der Waals surface area contributed by atoms with Gasteiger partial charge in [0.25, 0.3) is 0 Å². The van der Waals surface area contributed by atoms with Crippen molar-refractivity contribution in [3.8, 4) is 0 Å². The van der Waals surface area contributed by atoms with Crippen molar-refractivity contribution in [3.05, 3.63) is 0 Å². The van der Waals surface area contributed by atoms with Crippen LogP contribution in [0.5, 0.6) is 0 Å². The first-order chi connectivity index (χ1) is 8.35. The number of hydrogen-bond donors (Lipinski definition) is 1. The predicted molar refractivity (Wildman–Crippen MR) is 75.9 cm³/mol. The molecule has 2 nitrogen and oxygen atoms in total. The summed E-state index contributed by atoms with van der Waals surface area (Å²) >= 11 is 0. The van der Waals surface area contributed by atoms with E-state index in [0.29, 0.717) is 5.92 Å². The van der Waals surface area contributed by atoms with Crippen LogP contribution < -0.4 is 0 Å². The first kappa shape index (κ1) is 16.5. The maximum atomic E-state index is 8.65. The monoisotopic (exact) mass is 241 g/mol. The van der Waals surface area contributed by atoms with Crippen LogP contribution in [0.1, 0.15) is 84.5 Å². The molecular weight excluding hydrogens is 210 g/mol. The molecular formula is C15H31NO. The van der Waals surface area contributed by atoms with Crippen LogP contribution in [0.15, 0.2) is 5.16 Å². The summed E-state index contributed by atoms with van der Waals surface area (Å²) in [5.41, 5.74) is 0. The quantitative estimate of drug-likeness (QED) is 0.211. The zero-order valence-electron chi connectivity index (χ0n) is 11.8. The summed E-state index contributed by atoms with van der Waals surface area (Å²) < 4.78 is 0. The van der Waals surface area contributed by atoms with Gasteiger partial charge in [0.05, 0.1) is 0 Å². The molecule has 0 amide bonds. The highest BCUT2D eigenvalue weighted by molar-refractivity contribution is 5.59. The van der Waals surface area contributed by atoms with E-state index >= 15 is 0 Å². The third kappa shape index (κ3) is 11.7. The van der Waals surface area contributed by atoms with Gasteiger partial charge in [-0.25, -0.2) is 0 Å². The second-order valence-corrected chi connectivity index (χ2v) is 5.08. The van der Waals surface area contributed by atoms with Crippen LogP contribution in [-0.2, 0) is 0 Å². The Morgan fingerprint density at radius 1 is 0.824 bits per heavy atom. The van der Waals surface area contributed by atoms with E-state index in [4.69, 9.17) is 5.21 Å². The van der Waals surface area contributed by atoms with Gasteiger partial charge in [-0.3, -0.25) is 0 Å². The molecule has 0 aliphatic heterocycles. The summed E-state index contributed by atoms with van der Waals surface area (Å²) in [5.74, 6) is 0.499. The molecule has 0 rings (SSSR count). The Kier molecular flexibility index (Phi) is 13.1. The summed E-state index contributed by atoms with van der Waals surface area (Å²) in [5, 5.41) is 11.9. The van der Waals surface area contributed by atoms with Crippen LogP contribution in [0.4, 0.5) is 0 Å². The SMILES string of the molecule is CCCCCCCC(/C=N/O)CCCCCC. The van der Waals surface area contributed by atoms with Gasteiger partial charge in [-0.05, 0) is 18.8 Å². The minimum atomic E-state index is 0.499. The highest BCUT2D eigenvalue weighted by Gasteiger charge is 2.05. The molecule has 1 unspecified atom stereocenters. The molecule has 0 radical (unpaired) electrons. The summed E-state index contributed by atoms with van der Waals surface area (Å²) in [4.78, 5) is 0. The Morgan fingerprint density at radius 3 is 1.76 bits per heavy atom. The Morgan fingerprint density at radius 2 is 1.29 bits per heavy atom. The summed E-state index contributed by atoms with van der Waals surface area (Å²) in [6, 6.07) is 0. The van der Waals surface area contributed by atoms with Gasteiger partial charge in [-0.1, -0.05) is 71.6 Å². The van der Waals surface area contributed by atoms with E-state index in [1.54, 1.807) is 6.21 Å². The highest BCUT2D eigenvalue weighted by Crippen LogP contribution is 2.17. The molecule has 0 aromatic rings. The van der Waals surface area contributed by atoms with E-state index in [1.165, 1.54) is 70.6 Å². The summed E-state index contributed by atoms with van der Waals surface area (Å²) in [7, 11) is 0. The number of unbranched alkanes of at least 4 members (excludes halogenated alkanes) is 7. The number of oxime groups is 1. The number of nitrogens with zero attached hydrogens (tertiary/aromatic N) is 1. The first-order valence-corrected chi connectivity index (χ1v) is 7.52. The lowest BCUT2D eigenvalue weighted by Gasteiger charge is -2.11. The van der Waals surface area contributed by atoms with Gasteiger partial charge in [0.1, 0.15) is 0 Å². The van der Waals surface area contributed by atoms with Crippen molar-refractivity contribution >= 4 is 6.21 Å². The fourth-order valence-corrected chi connectivity index (χ4v) is 2.23. The molecule has 0 spiro atoms. The van der Waals surface area contributed by atoms with Gasteiger partial charge >= 0.3 is 0 Å². The van der Waals surface area contributed by atoms with E-state index in [1.807, 2.05) is 0 Å². The van der Waals surface area contributed by atoms with Crippen LogP contribution in [0.25, 0.3) is 0 Å². The molecule has 1 atom stereocenters. The van der Waals surface area contributed by atoms with Crippen molar-refractivity contribution in [3.63, 3.8) is 0 Å². The van der Waals surface area contributed by atoms with Gasteiger partial charge in [-0.2, -0.15) is 0 Å². The zero-order chi connectivity index (χ0) is 12.8. The molecule has 0 fully saturated rings. The molecule has 0 bridgehead atoms. The Bertz CT molecular complexity index is 168. The molecule has 17 heavy (non-hydrogen) atoms. The number of hydrogen-bond acceptors (Lipinski definition) is 2.